The lowest BCUT2D eigenvalue weighted by molar-refractivity contribution is 1.36. The van der Waals surface area contributed by atoms with Crippen molar-refractivity contribution >= 4 is 21.6 Å². The fourth-order valence-corrected chi connectivity index (χ4v) is 2.92. The zero-order chi connectivity index (χ0) is 11.1. The van der Waals surface area contributed by atoms with Crippen molar-refractivity contribution in [2.75, 3.05) is 0 Å². The predicted molar refractivity (Wildman–Crippen MR) is 71.1 cm³/mol. The molecule has 1 N–H and O–H groups in total. The van der Waals surface area contributed by atoms with Crippen LogP contribution in [0.1, 0.15) is 11.1 Å². The molecule has 0 bridgehead atoms. The third kappa shape index (κ3) is 1.55. The van der Waals surface area contributed by atoms with E-state index in [0.29, 0.717) is 0 Å². The maximum Gasteiger partial charge on any atom is 0.100 e. The standard InChI is InChI=1S/C14H13NS/c1-9-5-10(2)7-12(6-9)13-8-11-3-4-16-14(11)15-13/h3-8,15H,1-2H3. The molecule has 3 aromatic rings. The molecule has 0 radical (unpaired) electrons. The quantitative estimate of drug-likeness (QED) is 0.629. The minimum absolute atomic E-state index is 1.22. The van der Waals surface area contributed by atoms with Gasteiger partial charge in [0.2, 0.25) is 0 Å². The highest BCUT2D eigenvalue weighted by Gasteiger charge is 2.04. The Morgan fingerprint density at radius 2 is 1.75 bits per heavy atom. The fourth-order valence-electron chi connectivity index (χ4n) is 2.13. The highest BCUT2D eigenvalue weighted by Crippen LogP contribution is 2.28. The van der Waals surface area contributed by atoms with E-state index in [9.17, 15) is 0 Å². The molecule has 0 spiro atoms. The Labute approximate surface area is 98.7 Å². The number of nitrogens with one attached hydrogen (secondary N) is 1. The first-order valence-corrected chi connectivity index (χ1v) is 6.25. The predicted octanol–water partition coefficient (Wildman–Crippen LogP) is 4.51. The second kappa shape index (κ2) is 3.49. The van der Waals surface area contributed by atoms with E-state index in [1.807, 2.05) is 0 Å². The number of aromatic nitrogens is 1. The van der Waals surface area contributed by atoms with Crippen molar-refractivity contribution in [2.24, 2.45) is 0 Å². The van der Waals surface area contributed by atoms with Gasteiger partial charge in [0, 0.05) is 11.1 Å². The van der Waals surface area contributed by atoms with E-state index >= 15 is 0 Å². The largest absolute Gasteiger partial charge is 0.346 e. The van der Waals surface area contributed by atoms with Crippen molar-refractivity contribution in [3.8, 4) is 11.3 Å². The molecule has 2 heteroatoms. The molecule has 1 aromatic carbocycles. The number of aryl methyl sites for hydroxylation is 2. The van der Waals surface area contributed by atoms with Gasteiger partial charge in [0.15, 0.2) is 0 Å². The van der Waals surface area contributed by atoms with Crippen LogP contribution in [0.4, 0.5) is 0 Å². The molecule has 0 saturated heterocycles. The van der Waals surface area contributed by atoms with Gasteiger partial charge in [0.05, 0.1) is 0 Å². The number of benzene rings is 1. The van der Waals surface area contributed by atoms with Gasteiger partial charge in [-0.3, -0.25) is 0 Å². The van der Waals surface area contributed by atoms with Crippen molar-refractivity contribution < 1.29 is 0 Å². The second-order valence-electron chi connectivity index (χ2n) is 4.26. The van der Waals surface area contributed by atoms with Crippen molar-refractivity contribution in [3.05, 3.63) is 46.8 Å². The molecule has 0 unspecified atom stereocenters. The number of fused-ring (bicyclic) bond motifs is 1. The van der Waals surface area contributed by atoms with E-state index < -0.39 is 0 Å². The third-order valence-corrected chi connectivity index (χ3v) is 3.62. The summed E-state index contributed by atoms with van der Waals surface area (Å²) in [6.45, 7) is 4.28. The summed E-state index contributed by atoms with van der Waals surface area (Å²) in [5, 5.41) is 3.42. The van der Waals surface area contributed by atoms with E-state index in [2.05, 4.69) is 54.5 Å². The normalized spacial score (nSPS) is 11.1. The molecule has 2 heterocycles. The van der Waals surface area contributed by atoms with Crippen LogP contribution in [0.15, 0.2) is 35.7 Å². The van der Waals surface area contributed by atoms with Gasteiger partial charge in [-0.05, 0) is 49.1 Å². The molecule has 2 aromatic heterocycles. The molecule has 16 heavy (non-hydrogen) atoms. The minimum Gasteiger partial charge on any atom is -0.346 e. The van der Waals surface area contributed by atoms with Crippen LogP contribution >= 0.6 is 11.3 Å². The summed E-state index contributed by atoms with van der Waals surface area (Å²) < 4.78 is 0. The minimum atomic E-state index is 1.22. The summed E-state index contributed by atoms with van der Waals surface area (Å²) in [6.07, 6.45) is 0. The molecule has 0 amide bonds. The Morgan fingerprint density at radius 1 is 1.00 bits per heavy atom. The number of thiophene rings is 1. The van der Waals surface area contributed by atoms with Crippen LogP contribution in [-0.2, 0) is 0 Å². The average Bonchev–Trinajstić information content (AvgIpc) is 2.74. The van der Waals surface area contributed by atoms with E-state index in [1.54, 1.807) is 11.3 Å². The third-order valence-electron chi connectivity index (χ3n) is 2.78. The average molecular weight is 227 g/mol. The Balaban J connectivity index is 2.18. The first kappa shape index (κ1) is 9.67. The van der Waals surface area contributed by atoms with E-state index in [1.165, 1.54) is 32.6 Å². The van der Waals surface area contributed by atoms with Crippen LogP contribution in [0.3, 0.4) is 0 Å². The summed E-state index contributed by atoms with van der Waals surface area (Å²) in [5.41, 5.74) is 5.12. The molecular formula is C14H13NS. The van der Waals surface area contributed by atoms with Gasteiger partial charge >= 0.3 is 0 Å². The van der Waals surface area contributed by atoms with E-state index in [4.69, 9.17) is 0 Å². The molecule has 80 valence electrons. The van der Waals surface area contributed by atoms with Crippen LogP contribution in [0.25, 0.3) is 21.5 Å². The van der Waals surface area contributed by atoms with Crippen molar-refractivity contribution in [2.45, 2.75) is 13.8 Å². The maximum atomic E-state index is 3.46. The molecule has 0 aliphatic rings. The highest BCUT2D eigenvalue weighted by atomic mass is 32.1. The first-order valence-electron chi connectivity index (χ1n) is 5.37. The number of rotatable bonds is 1. The summed E-state index contributed by atoms with van der Waals surface area (Å²) in [4.78, 5) is 4.72. The van der Waals surface area contributed by atoms with Gasteiger partial charge in [-0.1, -0.05) is 17.2 Å². The molecule has 0 atom stereocenters. The van der Waals surface area contributed by atoms with E-state index in [-0.39, 0.29) is 0 Å². The summed E-state index contributed by atoms with van der Waals surface area (Å²) in [6, 6.07) is 11.0. The fraction of sp³-hybridized carbons (Fsp3) is 0.143. The highest BCUT2D eigenvalue weighted by molar-refractivity contribution is 7.16. The Hall–Kier alpha value is -1.54. The number of aromatic amines is 1. The summed E-state index contributed by atoms with van der Waals surface area (Å²) in [5.74, 6) is 0. The molecule has 1 nitrogen and oxygen atoms in total. The molecule has 0 saturated carbocycles. The van der Waals surface area contributed by atoms with Crippen LogP contribution in [-0.4, -0.2) is 4.98 Å². The SMILES string of the molecule is Cc1cc(C)cc(-c2cc3ccsc3[nH]2)c1. The Bertz CT molecular complexity index is 597. The van der Waals surface area contributed by atoms with Crippen molar-refractivity contribution in [3.63, 3.8) is 0 Å². The number of hydrogen-bond donors (Lipinski definition) is 1. The smallest absolute Gasteiger partial charge is 0.100 e. The summed E-state index contributed by atoms with van der Waals surface area (Å²) >= 11 is 1.76. The second-order valence-corrected chi connectivity index (χ2v) is 5.18. The van der Waals surface area contributed by atoms with Crippen LogP contribution < -0.4 is 0 Å². The molecule has 3 rings (SSSR count). The molecular weight excluding hydrogens is 214 g/mol. The lowest BCUT2D eigenvalue weighted by atomic mass is 10.1. The first-order chi connectivity index (χ1) is 7.72. The number of hydrogen-bond acceptors (Lipinski definition) is 1. The van der Waals surface area contributed by atoms with Gasteiger partial charge in [-0.2, -0.15) is 0 Å². The lowest BCUT2D eigenvalue weighted by Gasteiger charge is -2.02. The monoisotopic (exact) mass is 227 g/mol. The molecule has 0 aliphatic carbocycles. The lowest BCUT2D eigenvalue weighted by Crippen LogP contribution is -1.82. The number of H-pyrrole nitrogens is 1. The Kier molecular flexibility index (Phi) is 2.11. The van der Waals surface area contributed by atoms with Gasteiger partial charge in [-0.25, -0.2) is 0 Å². The van der Waals surface area contributed by atoms with Crippen LogP contribution in [0.5, 0.6) is 0 Å². The van der Waals surface area contributed by atoms with E-state index in [0.717, 1.165) is 0 Å². The van der Waals surface area contributed by atoms with Gasteiger partial charge in [0.1, 0.15) is 4.83 Å². The molecule has 0 fully saturated rings. The maximum absolute atomic E-state index is 3.46. The zero-order valence-electron chi connectivity index (χ0n) is 9.37. The Morgan fingerprint density at radius 3 is 2.44 bits per heavy atom. The van der Waals surface area contributed by atoms with Gasteiger partial charge in [-0.15, -0.1) is 11.3 Å². The van der Waals surface area contributed by atoms with Crippen molar-refractivity contribution in [1.29, 1.82) is 0 Å². The molecule has 0 aliphatic heterocycles. The van der Waals surface area contributed by atoms with Crippen molar-refractivity contribution in [1.82, 2.24) is 4.98 Å². The summed E-state index contributed by atoms with van der Waals surface area (Å²) in [7, 11) is 0. The zero-order valence-corrected chi connectivity index (χ0v) is 10.2. The van der Waals surface area contributed by atoms with Crippen LogP contribution in [0, 0.1) is 13.8 Å². The topological polar surface area (TPSA) is 15.8 Å². The van der Waals surface area contributed by atoms with Gasteiger partial charge < -0.3 is 4.98 Å². The van der Waals surface area contributed by atoms with Gasteiger partial charge in [0.25, 0.3) is 0 Å². The van der Waals surface area contributed by atoms with Crippen LogP contribution in [0.2, 0.25) is 0 Å².